The predicted molar refractivity (Wildman–Crippen MR) is 123 cm³/mol. The van der Waals surface area contributed by atoms with Crippen LogP contribution in [0, 0.1) is 0 Å². The van der Waals surface area contributed by atoms with Gasteiger partial charge in [-0.1, -0.05) is 35.9 Å². The number of hydrogen-bond donors (Lipinski definition) is 1. The van der Waals surface area contributed by atoms with Gasteiger partial charge in [-0.2, -0.15) is 0 Å². The van der Waals surface area contributed by atoms with Gasteiger partial charge in [0.05, 0.1) is 13.2 Å². The molecule has 1 saturated carbocycles. The molecule has 3 aromatic carbocycles. The van der Waals surface area contributed by atoms with Gasteiger partial charge in [-0.25, -0.2) is 0 Å². The largest absolute Gasteiger partial charge is 0.497 e. The Hall–Kier alpha value is -2.72. The first-order valence-corrected chi connectivity index (χ1v) is 11.3. The Kier molecular flexibility index (Phi) is 5.27. The Morgan fingerprint density at radius 3 is 2.71 bits per heavy atom. The summed E-state index contributed by atoms with van der Waals surface area (Å²) >= 11 is 6.23. The standard InChI is InChI=1S/C26H26ClNO3/c1-30-21-8-6-18-13-17(3-5-19(18)14-21)4-10-25(29)28-23-16-26(11-2-12-26)31-24-9-7-20(27)15-22(23)24/h3,5-9,13-15,23H,2,4,10-12,16H2,1H3,(H,28,29)/t23-/m1/s1. The fourth-order valence-corrected chi connectivity index (χ4v) is 4.91. The quantitative estimate of drug-likeness (QED) is 0.534. The van der Waals surface area contributed by atoms with Gasteiger partial charge in [0.15, 0.2) is 0 Å². The highest BCUT2D eigenvalue weighted by molar-refractivity contribution is 6.30. The van der Waals surface area contributed by atoms with Gasteiger partial charge >= 0.3 is 0 Å². The van der Waals surface area contributed by atoms with E-state index in [2.05, 4.69) is 29.6 Å². The van der Waals surface area contributed by atoms with Gasteiger partial charge in [0.25, 0.3) is 0 Å². The summed E-state index contributed by atoms with van der Waals surface area (Å²) in [5, 5.41) is 6.20. The summed E-state index contributed by atoms with van der Waals surface area (Å²) in [5.41, 5.74) is 2.01. The van der Waals surface area contributed by atoms with E-state index in [9.17, 15) is 4.79 Å². The minimum Gasteiger partial charge on any atom is -0.497 e. The summed E-state index contributed by atoms with van der Waals surface area (Å²) in [6.45, 7) is 0. The third kappa shape index (κ3) is 4.09. The number of aryl methyl sites for hydroxylation is 1. The fourth-order valence-electron chi connectivity index (χ4n) is 4.73. The second-order valence-electron chi connectivity index (χ2n) is 8.69. The minimum atomic E-state index is -0.127. The summed E-state index contributed by atoms with van der Waals surface area (Å²) in [6.07, 6.45) is 5.22. The molecule has 1 spiro atoms. The maximum absolute atomic E-state index is 12.8. The van der Waals surface area contributed by atoms with E-state index >= 15 is 0 Å². The number of carbonyl (C=O) groups is 1. The third-order valence-corrected chi connectivity index (χ3v) is 6.84. The van der Waals surface area contributed by atoms with Crippen LogP contribution in [0.5, 0.6) is 11.5 Å². The average molecular weight is 436 g/mol. The monoisotopic (exact) mass is 435 g/mol. The summed E-state index contributed by atoms with van der Waals surface area (Å²) in [4.78, 5) is 12.8. The van der Waals surface area contributed by atoms with E-state index in [1.165, 1.54) is 6.42 Å². The average Bonchev–Trinajstić information content (AvgIpc) is 2.76. The highest BCUT2D eigenvalue weighted by Gasteiger charge is 2.45. The molecule has 1 aliphatic heterocycles. The molecule has 5 heteroatoms. The number of nitrogens with one attached hydrogen (secondary N) is 1. The molecule has 0 saturated heterocycles. The number of fused-ring (bicyclic) bond motifs is 2. The van der Waals surface area contributed by atoms with Crippen LogP contribution >= 0.6 is 11.6 Å². The predicted octanol–water partition coefficient (Wildman–Crippen LogP) is 6.00. The second-order valence-corrected chi connectivity index (χ2v) is 9.13. The number of amides is 1. The van der Waals surface area contributed by atoms with Crippen LogP contribution in [-0.2, 0) is 11.2 Å². The lowest BCUT2D eigenvalue weighted by Gasteiger charge is -2.48. The number of ether oxygens (including phenoxy) is 2. The SMILES string of the molecule is COc1ccc2cc(CCC(=O)N[C@@H]3CC4(CCC4)Oc4ccc(Cl)cc43)ccc2c1. The number of carbonyl (C=O) groups excluding carboxylic acids is 1. The van der Waals surface area contributed by atoms with E-state index < -0.39 is 0 Å². The van der Waals surface area contributed by atoms with Crippen LogP contribution in [0.1, 0.15) is 49.3 Å². The Morgan fingerprint density at radius 2 is 1.94 bits per heavy atom. The van der Waals surface area contributed by atoms with Crippen molar-refractivity contribution in [1.82, 2.24) is 5.32 Å². The van der Waals surface area contributed by atoms with E-state index in [0.717, 1.165) is 52.7 Å². The topological polar surface area (TPSA) is 47.6 Å². The van der Waals surface area contributed by atoms with Gasteiger partial charge in [0.1, 0.15) is 17.1 Å². The van der Waals surface area contributed by atoms with Crippen molar-refractivity contribution in [3.05, 3.63) is 70.7 Å². The van der Waals surface area contributed by atoms with E-state index in [-0.39, 0.29) is 17.6 Å². The molecule has 2 aliphatic rings. The first kappa shape index (κ1) is 20.2. The summed E-state index contributed by atoms with van der Waals surface area (Å²) in [7, 11) is 1.67. The zero-order valence-electron chi connectivity index (χ0n) is 17.6. The zero-order valence-corrected chi connectivity index (χ0v) is 18.4. The van der Waals surface area contributed by atoms with Gasteiger partial charge < -0.3 is 14.8 Å². The molecule has 160 valence electrons. The minimum absolute atomic E-state index is 0.0562. The van der Waals surface area contributed by atoms with Crippen molar-refractivity contribution < 1.29 is 14.3 Å². The molecular formula is C26H26ClNO3. The van der Waals surface area contributed by atoms with E-state index in [1.54, 1.807) is 7.11 Å². The van der Waals surface area contributed by atoms with Gasteiger partial charge in [-0.05, 0) is 72.4 Å². The van der Waals surface area contributed by atoms with Crippen molar-refractivity contribution in [2.45, 2.75) is 50.2 Å². The Morgan fingerprint density at radius 1 is 1.13 bits per heavy atom. The van der Waals surface area contributed by atoms with Gasteiger partial charge in [0.2, 0.25) is 5.91 Å². The van der Waals surface area contributed by atoms with E-state index in [4.69, 9.17) is 21.1 Å². The lowest BCUT2D eigenvalue weighted by molar-refractivity contribution is -0.123. The molecule has 1 aliphatic carbocycles. The molecular weight excluding hydrogens is 410 g/mol. The smallest absolute Gasteiger partial charge is 0.220 e. The molecule has 1 N–H and O–H groups in total. The Balaban J connectivity index is 1.27. The van der Waals surface area contributed by atoms with Crippen LogP contribution in [0.2, 0.25) is 5.02 Å². The molecule has 3 aromatic rings. The first-order chi connectivity index (χ1) is 15.0. The zero-order chi connectivity index (χ0) is 21.4. The molecule has 0 aromatic heterocycles. The number of hydrogen-bond acceptors (Lipinski definition) is 3. The summed E-state index contributed by atoms with van der Waals surface area (Å²) in [5.74, 6) is 1.76. The van der Waals surface area contributed by atoms with Crippen molar-refractivity contribution in [3.8, 4) is 11.5 Å². The van der Waals surface area contributed by atoms with Crippen LogP contribution < -0.4 is 14.8 Å². The molecule has 1 amide bonds. The summed E-state index contributed by atoms with van der Waals surface area (Å²) in [6, 6.07) is 18.0. The van der Waals surface area contributed by atoms with Crippen LogP contribution in [-0.4, -0.2) is 18.6 Å². The van der Waals surface area contributed by atoms with Crippen molar-refractivity contribution in [1.29, 1.82) is 0 Å². The van der Waals surface area contributed by atoms with Crippen LogP contribution in [0.4, 0.5) is 0 Å². The molecule has 1 heterocycles. The van der Waals surface area contributed by atoms with Crippen molar-refractivity contribution >= 4 is 28.3 Å². The summed E-state index contributed by atoms with van der Waals surface area (Å²) < 4.78 is 11.6. The molecule has 1 fully saturated rings. The number of rotatable bonds is 5. The molecule has 0 bridgehead atoms. The number of methoxy groups -OCH3 is 1. The van der Waals surface area contributed by atoms with Crippen LogP contribution in [0.3, 0.4) is 0 Å². The molecule has 0 radical (unpaired) electrons. The van der Waals surface area contributed by atoms with Gasteiger partial charge in [-0.15, -0.1) is 0 Å². The molecule has 0 unspecified atom stereocenters. The molecule has 1 atom stereocenters. The highest BCUT2D eigenvalue weighted by atomic mass is 35.5. The second kappa shape index (κ2) is 8.08. The van der Waals surface area contributed by atoms with Crippen LogP contribution in [0.25, 0.3) is 10.8 Å². The lowest BCUT2D eigenvalue weighted by atomic mass is 9.73. The van der Waals surface area contributed by atoms with Gasteiger partial charge in [0, 0.05) is 23.4 Å². The van der Waals surface area contributed by atoms with Crippen molar-refractivity contribution in [2.24, 2.45) is 0 Å². The lowest BCUT2D eigenvalue weighted by Crippen LogP contribution is -2.49. The van der Waals surface area contributed by atoms with E-state index in [1.807, 2.05) is 30.3 Å². The van der Waals surface area contributed by atoms with Gasteiger partial charge in [-0.3, -0.25) is 4.79 Å². The number of benzene rings is 3. The third-order valence-electron chi connectivity index (χ3n) is 6.60. The molecule has 31 heavy (non-hydrogen) atoms. The first-order valence-electron chi connectivity index (χ1n) is 10.9. The maximum Gasteiger partial charge on any atom is 0.220 e. The molecule has 4 nitrogen and oxygen atoms in total. The Bertz CT molecular complexity index is 1140. The number of halogens is 1. The van der Waals surface area contributed by atoms with Crippen molar-refractivity contribution in [3.63, 3.8) is 0 Å². The normalized spacial score (nSPS) is 18.7. The van der Waals surface area contributed by atoms with Crippen LogP contribution in [0.15, 0.2) is 54.6 Å². The highest BCUT2D eigenvalue weighted by Crippen LogP contribution is 2.49. The molecule has 5 rings (SSSR count). The fraction of sp³-hybridized carbons (Fsp3) is 0.346. The van der Waals surface area contributed by atoms with Crippen molar-refractivity contribution in [2.75, 3.05) is 7.11 Å². The maximum atomic E-state index is 12.8. The Labute approximate surface area is 187 Å². The van der Waals surface area contributed by atoms with E-state index in [0.29, 0.717) is 17.9 Å².